The van der Waals surface area contributed by atoms with Crippen molar-refractivity contribution in [3.05, 3.63) is 144 Å². The quantitative estimate of drug-likeness (QED) is 0.309. The van der Waals surface area contributed by atoms with E-state index in [1.54, 1.807) is 0 Å². The first-order chi connectivity index (χ1) is 14.4. The van der Waals surface area contributed by atoms with Gasteiger partial charge in [-0.25, -0.2) is 0 Å². The average Bonchev–Trinajstić information content (AvgIpc) is 3.12. The van der Waals surface area contributed by atoms with E-state index in [0.717, 1.165) is 0 Å². The zero-order valence-corrected chi connectivity index (χ0v) is 16.0. The minimum atomic E-state index is -0.355. The second-order valence-corrected chi connectivity index (χ2v) is 7.66. The molecule has 0 aromatic heterocycles. The molecule has 0 bridgehead atoms. The summed E-state index contributed by atoms with van der Waals surface area (Å²) in [6.07, 6.45) is 0. The summed E-state index contributed by atoms with van der Waals surface area (Å²) in [5, 5.41) is 2.59. The minimum Gasteiger partial charge on any atom is -0.0622 e. The van der Waals surface area contributed by atoms with Gasteiger partial charge in [-0.3, -0.25) is 0 Å². The van der Waals surface area contributed by atoms with Crippen LogP contribution in [0.3, 0.4) is 0 Å². The molecule has 1 aliphatic rings. The average molecular weight is 367 g/mol. The van der Waals surface area contributed by atoms with E-state index >= 15 is 0 Å². The van der Waals surface area contributed by atoms with Gasteiger partial charge in [0.25, 0.3) is 0 Å². The molecule has 0 fully saturated rings. The van der Waals surface area contributed by atoms with Gasteiger partial charge < -0.3 is 0 Å². The molecule has 0 spiro atoms. The maximum absolute atomic E-state index is 3.37. The Morgan fingerprint density at radius 1 is 0.552 bits per heavy atom. The molecule has 0 atom stereocenters. The van der Waals surface area contributed by atoms with Gasteiger partial charge in [0.2, 0.25) is 0 Å². The van der Waals surface area contributed by atoms with Crippen LogP contribution in [0.15, 0.2) is 115 Å². The molecule has 1 aliphatic carbocycles. The van der Waals surface area contributed by atoms with Crippen LogP contribution in [0, 0.1) is 6.07 Å². The highest BCUT2D eigenvalue weighted by Gasteiger charge is 2.46. The lowest BCUT2D eigenvalue weighted by molar-refractivity contribution is 0.775. The lowest BCUT2D eigenvalue weighted by Crippen LogP contribution is -2.28. The highest BCUT2D eigenvalue weighted by Crippen LogP contribution is 2.57. The molecule has 5 aromatic carbocycles. The summed E-state index contributed by atoms with van der Waals surface area (Å²) in [7, 11) is 0. The molecule has 0 saturated carbocycles. The fourth-order valence-electron chi connectivity index (χ4n) is 5.15. The van der Waals surface area contributed by atoms with Crippen molar-refractivity contribution < 1.29 is 0 Å². The van der Waals surface area contributed by atoms with Crippen LogP contribution >= 0.6 is 0 Å². The van der Waals surface area contributed by atoms with Crippen molar-refractivity contribution >= 4 is 10.8 Å². The Hall–Kier alpha value is -3.64. The van der Waals surface area contributed by atoms with E-state index < -0.39 is 0 Å². The van der Waals surface area contributed by atoms with Gasteiger partial charge >= 0.3 is 0 Å². The van der Waals surface area contributed by atoms with Crippen LogP contribution < -0.4 is 0 Å². The van der Waals surface area contributed by atoms with Crippen LogP contribution in [0.25, 0.3) is 21.9 Å². The fourth-order valence-corrected chi connectivity index (χ4v) is 5.15. The van der Waals surface area contributed by atoms with Crippen LogP contribution in [0.2, 0.25) is 0 Å². The van der Waals surface area contributed by atoms with Crippen molar-refractivity contribution in [2.24, 2.45) is 0 Å². The zero-order valence-electron chi connectivity index (χ0n) is 16.0. The third kappa shape index (κ3) is 2.14. The van der Waals surface area contributed by atoms with E-state index in [9.17, 15) is 0 Å². The van der Waals surface area contributed by atoms with Gasteiger partial charge in [-0.2, -0.15) is 0 Å². The second-order valence-electron chi connectivity index (χ2n) is 7.66. The first-order valence-corrected chi connectivity index (χ1v) is 10.0. The molecular formula is C29H19. The maximum atomic E-state index is 3.37. The SMILES string of the molecule is [c]1ccc2c(c1)C(c1ccccc1)(c1ccccc1)c1c-2ccc2ccccc12. The number of fused-ring (bicyclic) bond motifs is 5. The summed E-state index contributed by atoms with van der Waals surface area (Å²) in [6, 6.07) is 45.0. The second kappa shape index (κ2) is 6.18. The van der Waals surface area contributed by atoms with Gasteiger partial charge in [-0.05, 0) is 56.3 Å². The van der Waals surface area contributed by atoms with Crippen molar-refractivity contribution in [3.8, 4) is 11.1 Å². The van der Waals surface area contributed by atoms with Crippen LogP contribution in [0.4, 0.5) is 0 Å². The first-order valence-electron chi connectivity index (χ1n) is 10.0. The standard InChI is InChI=1S/C29H19/c1-3-12-22(13-4-1)29(23-14-5-2-6-15-23)27-18-10-9-17-25(27)26-20-19-21-11-7-8-16-24(21)28(26)29/h1-9,11-20H. The molecule has 6 rings (SSSR count). The Labute approximate surface area is 171 Å². The minimum absolute atomic E-state index is 0.355. The molecule has 135 valence electrons. The highest BCUT2D eigenvalue weighted by molar-refractivity contribution is 6.00. The molecule has 0 saturated heterocycles. The van der Waals surface area contributed by atoms with Crippen LogP contribution in [0.1, 0.15) is 22.3 Å². The Bertz CT molecular complexity index is 1290. The lowest BCUT2D eigenvalue weighted by atomic mass is 9.67. The van der Waals surface area contributed by atoms with Gasteiger partial charge in [0.1, 0.15) is 0 Å². The highest BCUT2D eigenvalue weighted by atomic mass is 14.5. The van der Waals surface area contributed by atoms with E-state index in [-0.39, 0.29) is 5.41 Å². The lowest BCUT2D eigenvalue weighted by Gasteiger charge is -2.34. The molecule has 0 N–H and O–H groups in total. The number of hydrogen-bond donors (Lipinski definition) is 0. The third-order valence-corrected chi connectivity index (χ3v) is 6.28. The van der Waals surface area contributed by atoms with Gasteiger partial charge in [0.05, 0.1) is 5.41 Å². The number of benzene rings is 5. The zero-order chi connectivity index (χ0) is 19.3. The smallest absolute Gasteiger partial charge is 0.0622 e. The predicted octanol–water partition coefficient (Wildman–Crippen LogP) is 7.00. The Balaban J connectivity index is 1.88. The molecule has 0 amide bonds. The van der Waals surface area contributed by atoms with Crippen molar-refractivity contribution in [1.29, 1.82) is 0 Å². The van der Waals surface area contributed by atoms with E-state index in [2.05, 4.69) is 115 Å². The van der Waals surface area contributed by atoms with Crippen LogP contribution in [0.5, 0.6) is 0 Å². The van der Waals surface area contributed by atoms with Crippen LogP contribution in [-0.2, 0) is 5.41 Å². The van der Waals surface area contributed by atoms with Crippen LogP contribution in [-0.4, -0.2) is 0 Å². The van der Waals surface area contributed by atoms with E-state index in [1.807, 2.05) is 6.07 Å². The number of rotatable bonds is 2. The van der Waals surface area contributed by atoms with Crippen molar-refractivity contribution in [1.82, 2.24) is 0 Å². The fraction of sp³-hybridized carbons (Fsp3) is 0.0345. The summed E-state index contributed by atoms with van der Waals surface area (Å²) in [4.78, 5) is 0. The Morgan fingerprint density at radius 2 is 1.21 bits per heavy atom. The van der Waals surface area contributed by atoms with E-state index in [0.29, 0.717) is 0 Å². The molecule has 0 nitrogen and oxygen atoms in total. The maximum Gasteiger partial charge on any atom is 0.0719 e. The van der Waals surface area contributed by atoms with Gasteiger partial charge in [-0.1, -0.05) is 109 Å². The molecule has 0 aliphatic heterocycles. The molecule has 5 aromatic rings. The van der Waals surface area contributed by atoms with Crippen molar-refractivity contribution in [2.75, 3.05) is 0 Å². The van der Waals surface area contributed by atoms with E-state index in [4.69, 9.17) is 0 Å². The normalized spacial score (nSPS) is 13.8. The molecule has 0 unspecified atom stereocenters. The Morgan fingerprint density at radius 3 is 1.93 bits per heavy atom. The topological polar surface area (TPSA) is 0 Å². The molecule has 0 heteroatoms. The monoisotopic (exact) mass is 367 g/mol. The molecular weight excluding hydrogens is 348 g/mol. The largest absolute Gasteiger partial charge is 0.0719 e. The molecule has 1 radical (unpaired) electrons. The summed E-state index contributed by atoms with van der Waals surface area (Å²) < 4.78 is 0. The van der Waals surface area contributed by atoms with Crippen molar-refractivity contribution in [3.63, 3.8) is 0 Å². The van der Waals surface area contributed by atoms with Gasteiger partial charge in [-0.15, -0.1) is 0 Å². The predicted molar refractivity (Wildman–Crippen MR) is 120 cm³/mol. The summed E-state index contributed by atoms with van der Waals surface area (Å²) in [6.45, 7) is 0. The Kier molecular flexibility index (Phi) is 3.48. The van der Waals surface area contributed by atoms with Gasteiger partial charge in [0.15, 0.2) is 0 Å². The number of hydrogen-bond acceptors (Lipinski definition) is 0. The van der Waals surface area contributed by atoms with Crippen molar-refractivity contribution in [2.45, 2.75) is 5.41 Å². The first kappa shape index (κ1) is 16.3. The van der Waals surface area contributed by atoms with Gasteiger partial charge in [0, 0.05) is 0 Å². The molecule has 0 heterocycles. The third-order valence-electron chi connectivity index (χ3n) is 6.28. The molecule has 29 heavy (non-hydrogen) atoms. The summed E-state index contributed by atoms with van der Waals surface area (Å²) in [5.74, 6) is 0. The summed E-state index contributed by atoms with van der Waals surface area (Å²) >= 11 is 0. The summed E-state index contributed by atoms with van der Waals surface area (Å²) in [5.41, 5.74) is 7.54. The van der Waals surface area contributed by atoms with E-state index in [1.165, 1.54) is 44.2 Å².